The van der Waals surface area contributed by atoms with Crippen LogP contribution in [0.25, 0.3) is 0 Å². The summed E-state index contributed by atoms with van der Waals surface area (Å²) in [6, 6.07) is 0.326. The molecule has 2 aromatic heterocycles. The Labute approximate surface area is 123 Å². The fraction of sp³-hybridized carbons (Fsp3) is 0.571. The number of aromatic nitrogens is 5. The number of nitrogens with one attached hydrogen (secondary N) is 1. The molecule has 1 N–H and O–H groups in total. The normalized spacial score (nSPS) is 17.0. The molecule has 2 heterocycles. The van der Waals surface area contributed by atoms with E-state index < -0.39 is 0 Å². The molecule has 0 unspecified atom stereocenters. The van der Waals surface area contributed by atoms with Crippen LogP contribution in [0, 0.1) is 0 Å². The molecular formula is C14H20N6O. The lowest BCUT2D eigenvalue weighted by atomic mass is 10.2. The Kier molecular flexibility index (Phi) is 3.98. The van der Waals surface area contributed by atoms with E-state index in [-0.39, 0.29) is 18.5 Å². The van der Waals surface area contributed by atoms with Gasteiger partial charge in [0.25, 0.3) is 0 Å². The third-order valence-electron chi connectivity index (χ3n) is 3.97. The molecule has 0 radical (unpaired) electrons. The van der Waals surface area contributed by atoms with Gasteiger partial charge in [-0.05, 0) is 19.8 Å². The van der Waals surface area contributed by atoms with E-state index in [9.17, 15) is 4.79 Å². The first-order valence-electron chi connectivity index (χ1n) is 7.38. The van der Waals surface area contributed by atoms with E-state index in [0.717, 1.165) is 5.82 Å². The van der Waals surface area contributed by atoms with Crippen LogP contribution in [0.3, 0.4) is 0 Å². The number of imidazole rings is 1. The summed E-state index contributed by atoms with van der Waals surface area (Å²) in [5, 5.41) is 11.2. The monoisotopic (exact) mass is 288 g/mol. The third-order valence-corrected chi connectivity index (χ3v) is 3.97. The summed E-state index contributed by atoms with van der Waals surface area (Å²) in [4.78, 5) is 16.0. The first-order valence-corrected chi connectivity index (χ1v) is 7.38. The van der Waals surface area contributed by atoms with Crippen molar-refractivity contribution >= 4 is 5.91 Å². The van der Waals surface area contributed by atoms with Crippen LogP contribution in [-0.4, -0.2) is 30.2 Å². The van der Waals surface area contributed by atoms with Crippen LogP contribution in [-0.2, 0) is 11.3 Å². The number of hydrogen-bond acceptors (Lipinski definition) is 4. The van der Waals surface area contributed by atoms with Gasteiger partial charge in [-0.3, -0.25) is 4.79 Å². The molecule has 21 heavy (non-hydrogen) atoms. The number of hydrogen-bond donors (Lipinski definition) is 1. The van der Waals surface area contributed by atoms with E-state index in [4.69, 9.17) is 0 Å². The minimum atomic E-state index is -0.149. The Morgan fingerprint density at radius 3 is 2.95 bits per heavy atom. The lowest BCUT2D eigenvalue weighted by molar-refractivity contribution is -0.122. The Morgan fingerprint density at radius 2 is 2.24 bits per heavy atom. The van der Waals surface area contributed by atoms with Crippen molar-refractivity contribution in [1.29, 1.82) is 0 Å². The topological polar surface area (TPSA) is 77.6 Å². The van der Waals surface area contributed by atoms with Gasteiger partial charge in [-0.25, -0.2) is 4.98 Å². The molecular weight excluding hydrogens is 268 g/mol. The van der Waals surface area contributed by atoms with Gasteiger partial charge in [0.2, 0.25) is 5.91 Å². The summed E-state index contributed by atoms with van der Waals surface area (Å²) in [7, 11) is 0. The molecule has 7 nitrogen and oxygen atoms in total. The highest BCUT2D eigenvalue weighted by Gasteiger charge is 2.23. The number of rotatable bonds is 5. The van der Waals surface area contributed by atoms with Gasteiger partial charge in [-0.1, -0.05) is 12.8 Å². The summed E-state index contributed by atoms with van der Waals surface area (Å²) in [6.07, 6.45) is 11.7. The van der Waals surface area contributed by atoms with E-state index in [1.165, 1.54) is 25.7 Å². The average molecular weight is 288 g/mol. The maximum atomic E-state index is 12.0. The van der Waals surface area contributed by atoms with Crippen LogP contribution in [0.15, 0.2) is 25.0 Å². The number of amides is 1. The minimum absolute atomic E-state index is 0.0542. The SMILES string of the molecule is C[C@H](NC(=O)Cn1ccnc1)c1nncn1C1CCCC1. The highest BCUT2D eigenvalue weighted by atomic mass is 16.2. The molecule has 1 aliphatic carbocycles. The van der Waals surface area contributed by atoms with Gasteiger partial charge in [-0.15, -0.1) is 10.2 Å². The van der Waals surface area contributed by atoms with Crippen LogP contribution in [0.1, 0.15) is 50.5 Å². The molecule has 7 heteroatoms. The van der Waals surface area contributed by atoms with Gasteiger partial charge in [0, 0.05) is 18.4 Å². The lowest BCUT2D eigenvalue weighted by Gasteiger charge is -2.18. The summed E-state index contributed by atoms with van der Waals surface area (Å²) >= 11 is 0. The zero-order valence-electron chi connectivity index (χ0n) is 12.1. The molecule has 0 saturated heterocycles. The van der Waals surface area contributed by atoms with Gasteiger partial charge in [0.1, 0.15) is 12.9 Å². The first kappa shape index (κ1) is 13.8. The quantitative estimate of drug-likeness (QED) is 0.903. The van der Waals surface area contributed by atoms with Crippen molar-refractivity contribution in [1.82, 2.24) is 29.6 Å². The van der Waals surface area contributed by atoms with Crippen LogP contribution < -0.4 is 5.32 Å². The minimum Gasteiger partial charge on any atom is -0.345 e. The van der Waals surface area contributed by atoms with E-state index in [1.807, 2.05) is 6.92 Å². The van der Waals surface area contributed by atoms with E-state index in [0.29, 0.717) is 6.04 Å². The molecule has 0 aromatic carbocycles. The van der Waals surface area contributed by atoms with Crippen molar-refractivity contribution in [2.24, 2.45) is 0 Å². The lowest BCUT2D eigenvalue weighted by Crippen LogP contribution is -2.31. The van der Waals surface area contributed by atoms with Crippen molar-refractivity contribution in [3.8, 4) is 0 Å². The molecule has 0 spiro atoms. The molecule has 1 saturated carbocycles. The zero-order valence-corrected chi connectivity index (χ0v) is 12.1. The number of carbonyl (C=O) groups excluding carboxylic acids is 1. The maximum absolute atomic E-state index is 12.0. The van der Waals surface area contributed by atoms with Gasteiger partial charge in [0.15, 0.2) is 5.82 Å². The Bertz CT molecular complexity index is 584. The Balaban J connectivity index is 1.63. The Morgan fingerprint density at radius 1 is 1.43 bits per heavy atom. The van der Waals surface area contributed by atoms with E-state index >= 15 is 0 Å². The van der Waals surface area contributed by atoms with Crippen LogP contribution in [0.5, 0.6) is 0 Å². The van der Waals surface area contributed by atoms with Crippen molar-refractivity contribution in [2.75, 3.05) is 0 Å². The van der Waals surface area contributed by atoms with Gasteiger partial charge >= 0.3 is 0 Å². The molecule has 1 amide bonds. The van der Waals surface area contributed by atoms with Gasteiger partial charge in [0.05, 0.1) is 12.4 Å². The standard InChI is InChI=1S/C14H20N6O/c1-11(17-13(21)8-19-7-6-15-9-19)14-18-16-10-20(14)12-4-2-3-5-12/h6-7,9-12H,2-5,8H2,1H3,(H,17,21)/t11-/m0/s1. The predicted octanol–water partition coefficient (Wildman–Crippen LogP) is 1.47. The summed E-state index contributed by atoms with van der Waals surface area (Å²) in [5.41, 5.74) is 0. The smallest absolute Gasteiger partial charge is 0.240 e. The first-order chi connectivity index (χ1) is 10.2. The number of nitrogens with zero attached hydrogens (tertiary/aromatic N) is 5. The molecule has 0 aliphatic heterocycles. The molecule has 3 rings (SSSR count). The van der Waals surface area contributed by atoms with Crippen molar-refractivity contribution < 1.29 is 4.79 Å². The number of carbonyl (C=O) groups is 1. The second-order valence-corrected chi connectivity index (χ2v) is 5.56. The summed E-state index contributed by atoms with van der Waals surface area (Å²) < 4.78 is 3.86. The second kappa shape index (κ2) is 6.07. The largest absolute Gasteiger partial charge is 0.345 e. The Hall–Kier alpha value is -2.18. The molecule has 1 aliphatic rings. The zero-order chi connectivity index (χ0) is 14.7. The molecule has 0 bridgehead atoms. The fourth-order valence-electron chi connectivity index (χ4n) is 2.92. The summed E-state index contributed by atoms with van der Waals surface area (Å²) in [5.74, 6) is 0.780. The van der Waals surface area contributed by atoms with Gasteiger partial charge in [-0.2, -0.15) is 0 Å². The fourth-order valence-corrected chi connectivity index (χ4v) is 2.92. The molecule has 2 aromatic rings. The van der Waals surface area contributed by atoms with Crippen molar-refractivity contribution in [2.45, 2.75) is 51.2 Å². The third kappa shape index (κ3) is 3.12. The average Bonchev–Trinajstić information content (AvgIpc) is 3.20. The van der Waals surface area contributed by atoms with Crippen LogP contribution >= 0.6 is 0 Å². The van der Waals surface area contributed by atoms with Gasteiger partial charge < -0.3 is 14.5 Å². The highest BCUT2D eigenvalue weighted by Crippen LogP contribution is 2.30. The van der Waals surface area contributed by atoms with Crippen LogP contribution in [0.4, 0.5) is 0 Å². The predicted molar refractivity (Wildman–Crippen MR) is 76.3 cm³/mol. The van der Waals surface area contributed by atoms with E-state index in [1.54, 1.807) is 29.6 Å². The highest BCUT2D eigenvalue weighted by molar-refractivity contribution is 5.76. The van der Waals surface area contributed by atoms with Crippen molar-refractivity contribution in [3.63, 3.8) is 0 Å². The second-order valence-electron chi connectivity index (χ2n) is 5.56. The molecule has 1 atom stereocenters. The van der Waals surface area contributed by atoms with Crippen molar-refractivity contribution in [3.05, 3.63) is 30.9 Å². The van der Waals surface area contributed by atoms with Crippen LogP contribution in [0.2, 0.25) is 0 Å². The molecule has 112 valence electrons. The summed E-state index contributed by atoms with van der Waals surface area (Å²) in [6.45, 7) is 2.21. The molecule has 1 fully saturated rings. The maximum Gasteiger partial charge on any atom is 0.240 e. The van der Waals surface area contributed by atoms with E-state index in [2.05, 4.69) is 25.1 Å².